The van der Waals surface area contributed by atoms with E-state index in [4.69, 9.17) is 0 Å². The molecule has 1 amide bonds. The molecule has 0 saturated carbocycles. The van der Waals surface area contributed by atoms with Gasteiger partial charge in [0.05, 0.1) is 4.90 Å². The molecule has 2 aromatic carbocycles. The molecular weight excluding hydrogens is 374 g/mol. The maximum Gasteiger partial charge on any atom is 0.255 e. The molecule has 0 bridgehead atoms. The van der Waals surface area contributed by atoms with E-state index in [-0.39, 0.29) is 16.8 Å². The lowest BCUT2D eigenvalue weighted by atomic mass is 10.1. The van der Waals surface area contributed by atoms with Crippen molar-refractivity contribution in [2.75, 3.05) is 30.9 Å². The average Bonchev–Trinajstić information content (AvgIpc) is 2.68. The fourth-order valence-electron chi connectivity index (χ4n) is 3.39. The first kappa shape index (κ1) is 20.4. The van der Waals surface area contributed by atoms with Gasteiger partial charge in [-0.3, -0.25) is 4.79 Å². The van der Waals surface area contributed by atoms with Gasteiger partial charge in [0.1, 0.15) is 0 Å². The SMILES string of the molecule is C[C@@H]1CCCCN1S(=O)(=O)c1ccc(C(=O)Nc2ccc(N(C)C)cc2)cc1. The van der Waals surface area contributed by atoms with Crippen LogP contribution in [-0.2, 0) is 10.0 Å². The minimum atomic E-state index is -3.53. The minimum absolute atomic E-state index is 0.00635. The number of nitrogens with one attached hydrogen (secondary N) is 1. The second kappa shape index (κ2) is 8.32. The Kier molecular flexibility index (Phi) is 6.05. The Balaban J connectivity index is 1.72. The molecule has 2 aromatic rings. The highest BCUT2D eigenvalue weighted by Gasteiger charge is 2.30. The number of nitrogens with zero attached hydrogens (tertiary/aromatic N) is 2. The van der Waals surface area contributed by atoms with Crippen molar-refractivity contribution in [2.24, 2.45) is 0 Å². The molecule has 0 unspecified atom stereocenters. The molecule has 1 heterocycles. The summed E-state index contributed by atoms with van der Waals surface area (Å²) in [6, 6.07) is 13.7. The zero-order chi connectivity index (χ0) is 20.3. The predicted octanol–water partition coefficient (Wildman–Crippen LogP) is 3.57. The van der Waals surface area contributed by atoms with Crippen molar-refractivity contribution in [1.29, 1.82) is 0 Å². The number of sulfonamides is 1. The predicted molar refractivity (Wildman–Crippen MR) is 112 cm³/mol. The molecule has 0 radical (unpaired) electrons. The Morgan fingerprint density at radius 1 is 1.04 bits per heavy atom. The van der Waals surface area contributed by atoms with Gasteiger partial charge in [-0.2, -0.15) is 4.31 Å². The summed E-state index contributed by atoms with van der Waals surface area (Å²) in [5.41, 5.74) is 2.15. The van der Waals surface area contributed by atoms with E-state index in [0.717, 1.165) is 24.9 Å². The van der Waals surface area contributed by atoms with Crippen LogP contribution in [0, 0.1) is 0 Å². The minimum Gasteiger partial charge on any atom is -0.378 e. The van der Waals surface area contributed by atoms with Crippen LogP contribution < -0.4 is 10.2 Å². The number of piperidine rings is 1. The van der Waals surface area contributed by atoms with Gasteiger partial charge in [0.15, 0.2) is 0 Å². The van der Waals surface area contributed by atoms with Gasteiger partial charge in [0.25, 0.3) is 5.91 Å². The first-order valence-corrected chi connectivity index (χ1v) is 10.9. The highest BCUT2D eigenvalue weighted by Crippen LogP contribution is 2.25. The number of rotatable bonds is 5. The molecule has 1 fully saturated rings. The summed E-state index contributed by atoms with van der Waals surface area (Å²) in [7, 11) is 0.376. The first-order chi connectivity index (χ1) is 13.3. The molecule has 0 aliphatic carbocycles. The Hall–Kier alpha value is -2.38. The van der Waals surface area contributed by atoms with Gasteiger partial charge in [-0.1, -0.05) is 6.42 Å². The smallest absolute Gasteiger partial charge is 0.255 e. The van der Waals surface area contributed by atoms with Crippen molar-refractivity contribution >= 4 is 27.3 Å². The third-order valence-corrected chi connectivity index (χ3v) is 7.13. The summed E-state index contributed by atoms with van der Waals surface area (Å²) in [5, 5.41) is 2.84. The maximum atomic E-state index is 12.9. The molecule has 1 atom stereocenters. The lowest BCUT2D eigenvalue weighted by Gasteiger charge is -2.32. The molecule has 150 valence electrons. The number of hydrogen-bond acceptors (Lipinski definition) is 4. The number of benzene rings is 2. The normalized spacial score (nSPS) is 17.9. The van der Waals surface area contributed by atoms with Crippen LogP contribution in [0.1, 0.15) is 36.5 Å². The monoisotopic (exact) mass is 401 g/mol. The van der Waals surface area contributed by atoms with Crippen molar-refractivity contribution in [2.45, 2.75) is 37.1 Å². The van der Waals surface area contributed by atoms with E-state index in [1.807, 2.05) is 50.2 Å². The standard InChI is InChI=1S/C21H27N3O3S/c1-16-6-4-5-15-24(16)28(26,27)20-13-7-17(8-14-20)21(25)22-18-9-11-19(12-10-18)23(2)3/h7-14,16H,4-6,15H2,1-3H3,(H,22,25)/t16-/m1/s1. The second-order valence-electron chi connectivity index (χ2n) is 7.38. The fraction of sp³-hybridized carbons (Fsp3) is 0.381. The topological polar surface area (TPSA) is 69.7 Å². The molecule has 1 N–H and O–H groups in total. The molecule has 1 saturated heterocycles. The number of amides is 1. The van der Waals surface area contributed by atoms with E-state index in [0.29, 0.717) is 17.8 Å². The molecule has 28 heavy (non-hydrogen) atoms. The van der Waals surface area contributed by atoms with Crippen LogP contribution in [0.15, 0.2) is 53.4 Å². The zero-order valence-electron chi connectivity index (χ0n) is 16.6. The highest BCUT2D eigenvalue weighted by atomic mass is 32.2. The van der Waals surface area contributed by atoms with Crippen molar-refractivity contribution < 1.29 is 13.2 Å². The fourth-order valence-corrected chi connectivity index (χ4v) is 5.09. The molecular formula is C21H27N3O3S. The van der Waals surface area contributed by atoms with Crippen molar-refractivity contribution in [3.05, 3.63) is 54.1 Å². The van der Waals surface area contributed by atoms with Gasteiger partial charge < -0.3 is 10.2 Å². The van der Waals surface area contributed by atoms with Crippen LogP contribution in [0.25, 0.3) is 0 Å². The number of carbonyl (C=O) groups excluding carboxylic acids is 1. The van der Waals surface area contributed by atoms with E-state index < -0.39 is 10.0 Å². The highest BCUT2D eigenvalue weighted by molar-refractivity contribution is 7.89. The van der Waals surface area contributed by atoms with Crippen LogP contribution >= 0.6 is 0 Å². The van der Waals surface area contributed by atoms with Gasteiger partial charge in [0, 0.05) is 43.6 Å². The molecule has 1 aliphatic heterocycles. The third kappa shape index (κ3) is 4.36. The van der Waals surface area contributed by atoms with Gasteiger partial charge in [-0.15, -0.1) is 0 Å². The Morgan fingerprint density at radius 3 is 2.25 bits per heavy atom. The van der Waals surface area contributed by atoms with E-state index in [9.17, 15) is 13.2 Å². The van der Waals surface area contributed by atoms with Crippen LogP contribution in [0.2, 0.25) is 0 Å². The van der Waals surface area contributed by atoms with Crippen molar-refractivity contribution in [3.8, 4) is 0 Å². The van der Waals surface area contributed by atoms with E-state index in [2.05, 4.69) is 5.32 Å². The van der Waals surface area contributed by atoms with Gasteiger partial charge in [-0.05, 0) is 68.3 Å². The number of carbonyl (C=O) groups is 1. The summed E-state index contributed by atoms with van der Waals surface area (Å²) in [6.45, 7) is 2.49. The van der Waals surface area contributed by atoms with Crippen LogP contribution in [-0.4, -0.2) is 45.3 Å². The summed E-state index contributed by atoms with van der Waals surface area (Å²) in [6.07, 6.45) is 2.82. The largest absolute Gasteiger partial charge is 0.378 e. The van der Waals surface area contributed by atoms with Crippen molar-refractivity contribution in [3.63, 3.8) is 0 Å². The van der Waals surface area contributed by atoms with E-state index in [1.165, 1.54) is 12.1 Å². The summed E-state index contributed by atoms with van der Waals surface area (Å²) in [4.78, 5) is 14.7. The molecule has 1 aliphatic rings. The Morgan fingerprint density at radius 2 is 1.68 bits per heavy atom. The Bertz CT molecular complexity index is 922. The van der Waals surface area contributed by atoms with Crippen LogP contribution in [0.3, 0.4) is 0 Å². The maximum absolute atomic E-state index is 12.9. The second-order valence-corrected chi connectivity index (χ2v) is 9.27. The quantitative estimate of drug-likeness (QED) is 0.832. The molecule has 3 rings (SSSR count). The molecule has 7 heteroatoms. The number of hydrogen-bond donors (Lipinski definition) is 1. The molecule has 0 spiro atoms. The third-order valence-electron chi connectivity index (χ3n) is 5.11. The van der Waals surface area contributed by atoms with Gasteiger partial charge in [0.2, 0.25) is 10.0 Å². The molecule has 6 nitrogen and oxygen atoms in total. The lowest BCUT2D eigenvalue weighted by molar-refractivity contribution is 0.102. The van der Waals surface area contributed by atoms with Gasteiger partial charge in [-0.25, -0.2) is 8.42 Å². The van der Waals surface area contributed by atoms with Gasteiger partial charge >= 0.3 is 0 Å². The molecule has 0 aromatic heterocycles. The summed E-state index contributed by atoms with van der Waals surface area (Å²) >= 11 is 0. The number of anilines is 2. The van der Waals surface area contributed by atoms with E-state index >= 15 is 0 Å². The van der Waals surface area contributed by atoms with Crippen LogP contribution in [0.4, 0.5) is 11.4 Å². The summed E-state index contributed by atoms with van der Waals surface area (Å²) in [5.74, 6) is -0.270. The Labute approximate surface area is 167 Å². The van der Waals surface area contributed by atoms with Crippen LogP contribution in [0.5, 0.6) is 0 Å². The van der Waals surface area contributed by atoms with E-state index in [1.54, 1.807) is 16.4 Å². The first-order valence-electron chi connectivity index (χ1n) is 9.49. The lowest BCUT2D eigenvalue weighted by Crippen LogP contribution is -2.41. The summed E-state index contributed by atoms with van der Waals surface area (Å²) < 4.78 is 27.3. The average molecular weight is 402 g/mol. The zero-order valence-corrected chi connectivity index (χ0v) is 17.4. The van der Waals surface area contributed by atoms with Crippen molar-refractivity contribution in [1.82, 2.24) is 4.31 Å².